The van der Waals surface area contributed by atoms with Gasteiger partial charge in [0.25, 0.3) is 0 Å². The van der Waals surface area contributed by atoms with Crippen molar-refractivity contribution in [3.63, 3.8) is 0 Å². The van der Waals surface area contributed by atoms with E-state index < -0.39 is 0 Å². The Labute approximate surface area is 272 Å². The number of fused-ring (bicyclic) bond motifs is 1. The summed E-state index contributed by atoms with van der Waals surface area (Å²) in [4.78, 5) is 1.56. The lowest BCUT2D eigenvalue weighted by Gasteiger charge is -2.27. The van der Waals surface area contributed by atoms with Crippen LogP contribution in [0.15, 0.2) is 54.0 Å². The fourth-order valence-corrected chi connectivity index (χ4v) is 7.45. The molecule has 2 heteroatoms. The maximum absolute atomic E-state index is 2.59. The summed E-state index contributed by atoms with van der Waals surface area (Å²) >= 11 is 1.95. The Morgan fingerprint density at radius 3 is 1.30 bits per heavy atom. The predicted molar refractivity (Wildman–Crippen MR) is 193 cm³/mol. The van der Waals surface area contributed by atoms with Crippen LogP contribution in [0, 0.1) is 6.92 Å². The zero-order valence-corrected chi connectivity index (χ0v) is 30.7. The number of hydrogen-bond acceptors (Lipinski definition) is 1. The highest BCUT2D eigenvalue weighted by Crippen LogP contribution is 2.42. The van der Waals surface area contributed by atoms with Gasteiger partial charge in [0.1, 0.15) is 0 Å². The monoisotopic (exact) mass is 606 g/mol. The number of rotatable bonds is 3. The van der Waals surface area contributed by atoms with Gasteiger partial charge in [-0.1, -0.05) is 131 Å². The van der Waals surface area contributed by atoms with Gasteiger partial charge in [0.15, 0.2) is 0 Å². The van der Waals surface area contributed by atoms with Crippen LogP contribution in [-0.2, 0) is 34.5 Å². The molecule has 0 aliphatic heterocycles. The second kappa shape index (κ2) is 11.3. The fraction of sp³-hybridized carbons (Fsp3) is 0.500. The lowest BCUT2D eigenvalue weighted by atomic mass is 9.77. The van der Waals surface area contributed by atoms with E-state index in [0.717, 1.165) is 6.42 Å². The Balaban J connectivity index is 1.92. The van der Waals surface area contributed by atoms with Crippen LogP contribution in [-0.4, -0.2) is 0 Å². The van der Waals surface area contributed by atoms with Crippen molar-refractivity contribution in [2.75, 3.05) is 0 Å². The molecule has 0 N–H and O–H groups in total. The minimum atomic E-state index is 0.0557. The Morgan fingerprint density at radius 1 is 0.523 bits per heavy atom. The molecule has 0 atom stereocenters. The zero-order valence-electron chi connectivity index (χ0n) is 29.9. The van der Waals surface area contributed by atoms with Crippen molar-refractivity contribution in [2.24, 2.45) is 0 Å². The third-order valence-corrected chi connectivity index (χ3v) is 10.5. The molecule has 1 heterocycles. The first-order valence-corrected chi connectivity index (χ1v) is 17.6. The van der Waals surface area contributed by atoms with Crippen LogP contribution >= 0.6 is 11.3 Å². The summed E-state index contributed by atoms with van der Waals surface area (Å²) in [5, 5.41) is 0. The highest BCUT2D eigenvalue weighted by molar-refractivity contribution is 7.09. The number of hydrogen-bond donors (Lipinski definition) is 0. The lowest BCUT2D eigenvalue weighted by molar-refractivity contribution is -0.598. The number of aromatic nitrogens is 1. The summed E-state index contributed by atoms with van der Waals surface area (Å²) in [6, 6.07) is 19.7. The maximum atomic E-state index is 2.59. The molecule has 1 aliphatic rings. The molecule has 234 valence electrons. The van der Waals surface area contributed by atoms with Gasteiger partial charge in [-0.05, 0) is 98.9 Å². The van der Waals surface area contributed by atoms with Gasteiger partial charge in [0, 0.05) is 6.42 Å². The molecule has 3 aromatic carbocycles. The van der Waals surface area contributed by atoms with E-state index in [0.29, 0.717) is 0 Å². The van der Waals surface area contributed by atoms with Crippen molar-refractivity contribution in [1.29, 1.82) is 0 Å². The summed E-state index contributed by atoms with van der Waals surface area (Å²) in [6.07, 6.45) is 4.91. The zero-order chi connectivity index (χ0) is 32.4. The second-order valence-corrected chi connectivity index (χ2v) is 18.4. The first-order valence-electron chi connectivity index (χ1n) is 16.7. The van der Waals surface area contributed by atoms with Crippen LogP contribution < -0.4 is 4.57 Å². The average Bonchev–Trinajstić information content (AvgIpc) is 3.34. The van der Waals surface area contributed by atoms with Crippen LogP contribution in [0.4, 0.5) is 0 Å². The van der Waals surface area contributed by atoms with Crippen molar-refractivity contribution >= 4 is 11.3 Å². The van der Waals surface area contributed by atoms with Gasteiger partial charge in [0.2, 0.25) is 16.9 Å². The third kappa shape index (κ3) is 6.62. The van der Waals surface area contributed by atoms with E-state index in [1.807, 2.05) is 11.3 Å². The predicted octanol–water partition coefficient (Wildman–Crippen LogP) is 11.7. The molecule has 1 nitrogen and oxygen atoms in total. The van der Waals surface area contributed by atoms with Crippen molar-refractivity contribution in [3.8, 4) is 27.9 Å². The molecule has 4 aromatic rings. The molecule has 0 fully saturated rings. The van der Waals surface area contributed by atoms with Gasteiger partial charge < -0.3 is 0 Å². The molecule has 0 saturated heterocycles. The molecule has 0 amide bonds. The standard InChI is InChI=1S/C42H56NS/c1-27-18-34(28-20-30(39(2,3)4)24-31(21-28)40(5,6)7)38(43-26-44-37-17-15-14-16-36(37)43)35(19-27)29-22-32(41(8,9)10)25-33(23-29)42(11,12)13/h18-26H,14-17H2,1-13H3/q+1. The summed E-state index contributed by atoms with van der Waals surface area (Å²) in [5.41, 5.74) is 17.7. The van der Waals surface area contributed by atoms with Gasteiger partial charge in [-0.3, -0.25) is 0 Å². The summed E-state index contributed by atoms with van der Waals surface area (Å²) in [7, 11) is 0. The summed E-state index contributed by atoms with van der Waals surface area (Å²) in [6.45, 7) is 30.4. The Hall–Kier alpha value is -2.71. The molecule has 5 rings (SSSR count). The number of aryl methyl sites for hydroxylation is 2. The van der Waals surface area contributed by atoms with Gasteiger partial charge in [-0.25, -0.2) is 0 Å². The van der Waals surface area contributed by atoms with Crippen LogP contribution in [0.3, 0.4) is 0 Å². The molecule has 0 unspecified atom stereocenters. The first kappa shape index (κ1) is 32.7. The van der Waals surface area contributed by atoms with Gasteiger partial charge in [-0.2, -0.15) is 4.57 Å². The molecule has 0 radical (unpaired) electrons. The molecule has 1 aliphatic carbocycles. The van der Waals surface area contributed by atoms with Gasteiger partial charge in [-0.15, -0.1) is 0 Å². The number of benzene rings is 3. The van der Waals surface area contributed by atoms with E-state index in [4.69, 9.17) is 0 Å². The van der Waals surface area contributed by atoms with Crippen LogP contribution in [0.25, 0.3) is 27.9 Å². The van der Waals surface area contributed by atoms with E-state index >= 15 is 0 Å². The van der Waals surface area contributed by atoms with Gasteiger partial charge >= 0.3 is 0 Å². The summed E-state index contributed by atoms with van der Waals surface area (Å²) in [5.74, 6) is 0. The van der Waals surface area contributed by atoms with Crippen molar-refractivity contribution in [3.05, 3.63) is 92.4 Å². The van der Waals surface area contributed by atoms with E-state index in [2.05, 4.69) is 149 Å². The first-order chi connectivity index (χ1) is 20.2. The van der Waals surface area contributed by atoms with E-state index in [9.17, 15) is 0 Å². The largest absolute Gasteiger partial charge is 0.231 e. The quantitative estimate of drug-likeness (QED) is 0.204. The van der Waals surface area contributed by atoms with E-state index in [1.165, 1.54) is 80.7 Å². The topological polar surface area (TPSA) is 3.88 Å². The Bertz CT molecular complexity index is 1520. The second-order valence-electron chi connectivity index (χ2n) is 17.5. The van der Waals surface area contributed by atoms with Crippen LogP contribution in [0.2, 0.25) is 0 Å². The minimum absolute atomic E-state index is 0.0557. The van der Waals surface area contributed by atoms with Crippen LogP contribution in [0.1, 0.15) is 134 Å². The molecular weight excluding hydrogens is 551 g/mol. The number of thiazole rings is 1. The van der Waals surface area contributed by atoms with Gasteiger partial charge in [0.05, 0.1) is 16.0 Å². The smallest absolute Gasteiger partial charge is 0.153 e. The maximum Gasteiger partial charge on any atom is 0.231 e. The molecule has 0 spiro atoms. The van der Waals surface area contributed by atoms with E-state index in [-0.39, 0.29) is 21.7 Å². The summed E-state index contributed by atoms with van der Waals surface area (Å²) < 4.78 is 2.59. The average molecular weight is 607 g/mol. The number of nitrogens with zero attached hydrogens (tertiary/aromatic N) is 1. The molecule has 0 bridgehead atoms. The van der Waals surface area contributed by atoms with Crippen molar-refractivity contribution in [1.82, 2.24) is 0 Å². The molecule has 0 saturated carbocycles. The normalized spacial score (nSPS) is 14.6. The third-order valence-electron chi connectivity index (χ3n) is 9.43. The van der Waals surface area contributed by atoms with E-state index in [1.54, 1.807) is 4.88 Å². The fourth-order valence-electron chi connectivity index (χ4n) is 6.39. The van der Waals surface area contributed by atoms with Crippen molar-refractivity contribution < 1.29 is 4.57 Å². The van der Waals surface area contributed by atoms with Crippen LogP contribution in [0.5, 0.6) is 0 Å². The molecular formula is C42H56NS+. The molecule has 1 aromatic heterocycles. The Morgan fingerprint density at radius 2 is 0.909 bits per heavy atom. The highest BCUT2D eigenvalue weighted by atomic mass is 32.1. The minimum Gasteiger partial charge on any atom is -0.153 e. The SMILES string of the molecule is Cc1cc(-c2cc(C(C)(C)C)cc(C(C)(C)C)c2)c(-[n+]2csc3c2CCCC3)c(-c2cc(C(C)(C)C)cc(C(C)(C)C)c2)c1. The lowest BCUT2D eigenvalue weighted by Crippen LogP contribution is -2.35. The molecule has 44 heavy (non-hydrogen) atoms. The van der Waals surface area contributed by atoms with Crippen molar-refractivity contribution in [2.45, 2.75) is 137 Å². The Kier molecular flexibility index (Phi) is 8.37. The highest BCUT2D eigenvalue weighted by Gasteiger charge is 2.32.